The second-order valence-electron chi connectivity index (χ2n) is 3.91. The number of nitrogens with one attached hydrogen (secondary N) is 1. The Balaban J connectivity index is 2.71. The molecular formula is C12H18N2O3S2. The van der Waals surface area contributed by atoms with Crippen LogP contribution >= 0.6 is 11.8 Å². The zero-order chi connectivity index (χ0) is 14.5. The van der Waals surface area contributed by atoms with E-state index < -0.39 is 10.0 Å². The summed E-state index contributed by atoms with van der Waals surface area (Å²) in [5.41, 5.74) is 0.697. The molecule has 0 fully saturated rings. The number of carbonyl (C=O) groups excluding carboxylic acids is 1. The minimum atomic E-state index is -3.33. The van der Waals surface area contributed by atoms with E-state index in [0.29, 0.717) is 5.69 Å². The number of rotatable bonds is 6. The van der Waals surface area contributed by atoms with Gasteiger partial charge in [-0.25, -0.2) is 8.42 Å². The van der Waals surface area contributed by atoms with Gasteiger partial charge in [-0.2, -0.15) is 4.31 Å². The van der Waals surface area contributed by atoms with Crippen LogP contribution in [0.4, 0.5) is 5.69 Å². The smallest absolute Gasteiger partial charge is 0.239 e. The van der Waals surface area contributed by atoms with Crippen LogP contribution in [0.2, 0.25) is 0 Å². The highest BCUT2D eigenvalue weighted by Gasteiger charge is 2.18. The lowest BCUT2D eigenvalue weighted by Gasteiger charge is -2.16. The lowest BCUT2D eigenvalue weighted by molar-refractivity contribution is -0.116. The first-order valence-electron chi connectivity index (χ1n) is 5.77. The van der Waals surface area contributed by atoms with E-state index in [4.69, 9.17) is 0 Å². The largest absolute Gasteiger partial charge is 0.324 e. The third-order valence-electron chi connectivity index (χ3n) is 2.59. The van der Waals surface area contributed by atoms with Gasteiger partial charge in [0.15, 0.2) is 0 Å². The maximum Gasteiger partial charge on any atom is 0.239 e. The van der Waals surface area contributed by atoms with Crippen molar-refractivity contribution in [1.29, 1.82) is 0 Å². The maximum atomic E-state index is 11.8. The zero-order valence-corrected chi connectivity index (χ0v) is 12.8. The third kappa shape index (κ3) is 4.52. The molecular weight excluding hydrogens is 284 g/mol. The Morgan fingerprint density at radius 2 is 2.00 bits per heavy atom. The fourth-order valence-corrected chi connectivity index (χ4v) is 2.77. The SMILES string of the molecule is CCS(=O)(=O)N(C)CC(=O)Nc1ccccc1SC. The van der Waals surface area contributed by atoms with Crippen molar-refractivity contribution < 1.29 is 13.2 Å². The lowest BCUT2D eigenvalue weighted by Crippen LogP contribution is -2.35. The number of carbonyl (C=O) groups is 1. The highest BCUT2D eigenvalue weighted by Crippen LogP contribution is 2.24. The molecule has 0 bridgehead atoms. The van der Waals surface area contributed by atoms with E-state index in [2.05, 4.69) is 5.32 Å². The van der Waals surface area contributed by atoms with Crippen molar-refractivity contribution in [3.63, 3.8) is 0 Å². The fraction of sp³-hybridized carbons (Fsp3) is 0.417. The third-order valence-corrected chi connectivity index (χ3v) is 5.19. The monoisotopic (exact) mass is 302 g/mol. The molecule has 19 heavy (non-hydrogen) atoms. The van der Waals surface area contributed by atoms with Crippen molar-refractivity contribution in [2.24, 2.45) is 0 Å². The number of thioether (sulfide) groups is 1. The molecule has 0 aliphatic carbocycles. The van der Waals surface area contributed by atoms with Crippen molar-refractivity contribution in [3.05, 3.63) is 24.3 Å². The van der Waals surface area contributed by atoms with Crippen LogP contribution < -0.4 is 5.32 Å². The number of hydrogen-bond acceptors (Lipinski definition) is 4. The quantitative estimate of drug-likeness (QED) is 0.811. The standard InChI is InChI=1S/C12H18N2O3S2/c1-4-19(16,17)14(2)9-12(15)13-10-7-5-6-8-11(10)18-3/h5-8H,4,9H2,1-3H3,(H,13,15). The summed E-state index contributed by atoms with van der Waals surface area (Å²) in [6.45, 7) is 1.37. The van der Waals surface area contributed by atoms with Crippen molar-refractivity contribution in [2.75, 3.05) is 30.9 Å². The summed E-state index contributed by atoms with van der Waals surface area (Å²) in [4.78, 5) is 12.8. The molecule has 0 atom stereocenters. The molecule has 1 aromatic carbocycles. The lowest BCUT2D eigenvalue weighted by atomic mass is 10.3. The number of amides is 1. The average molecular weight is 302 g/mol. The summed E-state index contributed by atoms with van der Waals surface area (Å²) in [6, 6.07) is 7.39. The molecule has 5 nitrogen and oxygen atoms in total. The molecule has 106 valence electrons. The first-order valence-corrected chi connectivity index (χ1v) is 8.61. The molecule has 0 aliphatic heterocycles. The van der Waals surface area contributed by atoms with E-state index in [9.17, 15) is 13.2 Å². The van der Waals surface area contributed by atoms with E-state index in [1.54, 1.807) is 13.0 Å². The van der Waals surface area contributed by atoms with Crippen molar-refractivity contribution in [1.82, 2.24) is 4.31 Å². The highest BCUT2D eigenvalue weighted by atomic mass is 32.2. The Kier molecular flexibility index (Phi) is 5.84. The minimum absolute atomic E-state index is 0.0157. The van der Waals surface area contributed by atoms with E-state index in [1.165, 1.54) is 18.8 Å². The molecule has 0 saturated heterocycles. The number of nitrogens with zero attached hydrogens (tertiary/aromatic N) is 1. The summed E-state index contributed by atoms with van der Waals surface area (Å²) < 4.78 is 24.2. The number of benzene rings is 1. The van der Waals surface area contributed by atoms with E-state index in [-0.39, 0.29) is 18.2 Å². The Morgan fingerprint density at radius 1 is 1.37 bits per heavy atom. The predicted octanol–water partition coefficient (Wildman–Crippen LogP) is 1.63. The van der Waals surface area contributed by atoms with Gasteiger partial charge in [0, 0.05) is 11.9 Å². The van der Waals surface area contributed by atoms with Gasteiger partial charge in [-0.15, -0.1) is 11.8 Å². The number of para-hydroxylation sites is 1. The van der Waals surface area contributed by atoms with Crippen LogP contribution in [0.15, 0.2) is 29.2 Å². The summed E-state index contributed by atoms with van der Waals surface area (Å²) in [6.07, 6.45) is 1.92. The Bertz CT molecular complexity index is 544. The number of anilines is 1. The van der Waals surface area contributed by atoms with E-state index in [0.717, 1.165) is 9.20 Å². The van der Waals surface area contributed by atoms with Gasteiger partial charge in [0.1, 0.15) is 0 Å². The van der Waals surface area contributed by atoms with Gasteiger partial charge in [0.2, 0.25) is 15.9 Å². The Labute approximate surface area is 118 Å². The summed E-state index contributed by atoms with van der Waals surface area (Å²) >= 11 is 1.52. The van der Waals surface area contributed by atoms with Crippen molar-refractivity contribution in [3.8, 4) is 0 Å². The van der Waals surface area contributed by atoms with E-state index >= 15 is 0 Å². The zero-order valence-electron chi connectivity index (χ0n) is 11.2. The van der Waals surface area contributed by atoms with Gasteiger partial charge < -0.3 is 5.32 Å². The Morgan fingerprint density at radius 3 is 2.58 bits per heavy atom. The fourth-order valence-electron chi connectivity index (χ4n) is 1.46. The van der Waals surface area contributed by atoms with Crippen molar-refractivity contribution >= 4 is 33.4 Å². The predicted molar refractivity (Wildman–Crippen MR) is 78.9 cm³/mol. The molecule has 1 aromatic rings. The summed E-state index contributed by atoms with van der Waals surface area (Å²) in [7, 11) is -1.93. The molecule has 7 heteroatoms. The van der Waals surface area contributed by atoms with E-state index in [1.807, 2.05) is 24.5 Å². The molecule has 0 aliphatic rings. The van der Waals surface area contributed by atoms with Gasteiger partial charge in [-0.05, 0) is 25.3 Å². The molecule has 1 rings (SSSR count). The second-order valence-corrected chi connectivity index (χ2v) is 7.12. The van der Waals surface area contributed by atoms with Crippen LogP contribution in [-0.4, -0.2) is 44.2 Å². The molecule has 1 amide bonds. The number of hydrogen-bond donors (Lipinski definition) is 1. The van der Waals surface area contributed by atoms with Crippen LogP contribution in [-0.2, 0) is 14.8 Å². The summed E-state index contributed by atoms with van der Waals surface area (Å²) in [5.74, 6) is -0.362. The maximum absolute atomic E-state index is 11.8. The molecule has 0 radical (unpaired) electrons. The van der Waals surface area contributed by atoms with Crippen LogP contribution in [0.5, 0.6) is 0 Å². The van der Waals surface area contributed by atoms with Crippen LogP contribution in [0.1, 0.15) is 6.92 Å². The number of likely N-dealkylation sites (N-methyl/N-ethyl adjacent to an activating group) is 1. The number of sulfonamides is 1. The average Bonchev–Trinajstić information content (AvgIpc) is 2.39. The molecule has 0 heterocycles. The molecule has 0 spiro atoms. The molecule has 0 unspecified atom stereocenters. The van der Waals surface area contributed by atoms with Gasteiger partial charge in [-0.3, -0.25) is 4.79 Å². The van der Waals surface area contributed by atoms with Crippen LogP contribution in [0.25, 0.3) is 0 Å². The molecule has 1 N–H and O–H groups in total. The minimum Gasteiger partial charge on any atom is -0.324 e. The molecule has 0 aromatic heterocycles. The van der Waals surface area contributed by atoms with Crippen LogP contribution in [0.3, 0.4) is 0 Å². The van der Waals surface area contributed by atoms with Gasteiger partial charge >= 0.3 is 0 Å². The van der Waals surface area contributed by atoms with Gasteiger partial charge in [0.25, 0.3) is 0 Å². The van der Waals surface area contributed by atoms with Crippen molar-refractivity contribution in [2.45, 2.75) is 11.8 Å². The topological polar surface area (TPSA) is 66.5 Å². The van der Waals surface area contributed by atoms with Gasteiger partial charge in [0.05, 0.1) is 18.0 Å². The summed E-state index contributed by atoms with van der Waals surface area (Å²) in [5, 5.41) is 2.72. The normalized spacial score (nSPS) is 11.6. The molecule has 0 saturated carbocycles. The Hall–Kier alpha value is -1.05. The van der Waals surface area contributed by atoms with Crippen LogP contribution in [0, 0.1) is 0 Å². The second kappa shape index (κ2) is 6.93. The highest BCUT2D eigenvalue weighted by molar-refractivity contribution is 7.98. The van der Waals surface area contributed by atoms with Gasteiger partial charge in [-0.1, -0.05) is 12.1 Å². The first kappa shape index (κ1) is 16.0. The first-order chi connectivity index (χ1) is 8.90.